The van der Waals surface area contributed by atoms with Gasteiger partial charge in [-0.3, -0.25) is 14.9 Å². The summed E-state index contributed by atoms with van der Waals surface area (Å²) in [6.07, 6.45) is 0. The number of benzene rings is 2. The van der Waals surface area contributed by atoms with Crippen LogP contribution in [0.3, 0.4) is 0 Å². The lowest BCUT2D eigenvalue weighted by molar-refractivity contribution is -0.384. The third-order valence-electron chi connectivity index (χ3n) is 3.12. The van der Waals surface area contributed by atoms with Crippen molar-refractivity contribution in [3.05, 3.63) is 74.5 Å². The Labute approximate surface area is 146 Å². The van der Waals surface area contributed by atoms with Crippen LogP contribution < -0.4 is 5.32 Å². The first-order valence-electron chi connectivity index (χ1n) is 6.99. The van der Waals surface area contributed by atoms with E-state index in [-0.39, 0.29) is 22.8 Å². The molecule has 0 aliphatic carbocycles. The lowest BCUT2D eigenvalue weighted by Gasteiger charge is -2.07. The van der Waals surface area contributed by atoms with Crippen LogP contribution in [0.25, 0.3) is 0 Å². The van der Waals surface area contributed by atoms with E-state index in [1.165, 1.54) is 30.3 Å². The van der Waals surface area contributed by atoms with Gasteiger partial charge in [-0.25, -0.2) is 9.18 Å². The van der Waals surface area contributed by atoms with Gasteiger partial charge in [0.25, 0.3) is 11.6 Å². The number of halogens is 2. The summed E-state index contributed by atoms with van der Waals surface area (Å²) in [5.74, 6) is -1.93. The molecule has 1 N–H and O–H groups in total. The third-order valence-corrected chi connectivity index (χ3v) is 3.45. The smallest absolute Gasteiger partial charge is 0.340 e. The second-order valence-electron chi connectivity index (χ2n) is 4.90. The SMILES string of the molecule is O=C(COC(=O)c1cc([N+](=O)[O-])ccc1Cl)NCc1ccc(F)cc1. The minimum absolute atomic E-state index is 0.0256. The summed E-state index contributed by atoms with van der Waals surface area (Å²) in [6, 6.07) is 8.84. The molecule has 130 valence electrons. The average Bonchev–Trinajstić information content (AvgIpc) is 2.59. The fourth-order valence-corrected chi connectivity index (χ4v) is 2.04. The molecular weight excluding hydrogens is 355 g/mol. The highest BCUT2D eigenvalue weighted by Gasteiger charge is 2.18. The van der Waals surface area contributed by atoms with Gasteiger partial charge in [0.05, 0.1) is 15.5 Å². The predicted octanol–water partition coefficient (Wildman–Crippen LogP) is 2.86. The van der Waals surface area contributed by atoms with Gasteiger partial charge in [-0.15, -0.1) is 0 Å². The van der Waals surface area contributed by atoms with Crippen LogP contribution in [0.2, 0.25) is 5.02 Å². The third kappa shape index (κ3) is 5.25. The number of ether oxygens (including phenoxy) is 1. The van der Waals surface area contributed by atoms with Crippen molar-refractivity contribution in [2.45, 2.75) is 6.54 Å². The molecule has 0 saturated carbocycles. The molecule has 2 aromatic rings. The molecule has 0 radical (unpaired) electrons. The maximum absolute atomic E-state index is 12.8. The number of esters is 1. The molecule has 0 aromatic heterocycles. The topological polar surface area (TPSA) is 98.5 Å². The number of hydrogen-bond acceptors (Lipinski definition) is 5. The zero-order valence-corrected chi connectivity index (χ0v) is 13.5. The first-order valence-corrected chi connectivity index (χ1v) is 7.37. The van der Waals surface area contributed by atoms with E-state index in [0.29, 0.717) is 5.56 Å². The van der Waals surface area contributed by atoms with Crippen molar-refractivity contribution in [3.63, 3.8) is 0 Å². The number of hydrogen-bond donors (Lipinski definition) is 1. The van der Waals surface area contributed by atoms with Crippen molar-refractivity contribution in [2.24, 2.45) is 0 Å². The molecule has 2 aromatic carbocycles. The van der Waals surface area contributed by atoms with Crippen molar-refractivity contribution in [1.82, 2.24) is 5.32 Å². The Morgan fingerprint density at radius 1 is 1.20 bits per heavy atom. The first-order chi connectivity index (χ1) is 11.9. The zero-order valence-electron chi connectivity index (χ0n) is 12.7. The summed E-state index contributed by atoms with van der Waals surface area (Å²) in [6.45, 7) is -0.451. The molecular formula is C16H12ClFN2O5. The number of carbonyl (C=O) groups is 2. The highest BCUT2D eigenvalue weighted by atomic mass is 35.5. The van der Waals surface area contributed by atoms with Gasteiger partial charge in [-0.1, -0.05) is 23.7 Å². The normalized spacial score (nSPS) is 10.2. The second kappa shape index (κ2) is 8.20. The molecule has 0 spiro atoms. The van der Waals surface area contributed by atoms with Crippen molar-refractivity contribution >= 4 is 29.2 Å². The Hall–Kier alpha value is -3.00. The Kier molecular flexibility index (Phi) is 6.02. The molecule has 0 heterocycles. The van der Waals surface area contributed by atoms with Crippen LogP contribution in [-0.2, 0) is 16.1 Å². The number of amides is 1. The number of rotatable bonds is 6. The van der Waals surface area contributed by atoms with Crippen LogP contribution in [0.15, 0.2) is 42.5 Å². The van der Waals surface area contributed by atoms with Gasteiger partial charge < -0.3 is 10.1 Å². The maximum Gasteiger partial charge on any atom is 0.340 e. The Bertz CT molecular complexity index is 811. The minimum atomic E-state index is -0.953. The van der Waals surface area contributed by atoms with E-state index in [9.17, 15) is 24.1 Å². The average molecular weight is 367 g/mol. The number of nitro groups is 1. The highest BCUT2D eigenvalue weighted by molar-refractivity contribution is 6.33. The van der Waals surface area contributed by atoms with Crippen LogP contribution in [0.1, 0.15) is 15.9 Å². The molecule has 0 fully saturated rings. The van der Waals surface area contributed by atoms with Crippen molar-refractivity contribution in [1.29, 1.82) is 0 Å². The number of nitrogens with zero attached hydrogens (tertiary/aromatic N) is 1. The molecule has 0 atom stereocenters. The van der Waals surface area contributed by atoms with Gasteiger partial charge in [0.1, 0.15) is 5.82 Å². The van der Waals surface area contributed by atoms with Crippen LogP contribution in [0.4, 0.5) is 10.1 Å². The highest BCUT2D eigenvalue weighted by Crippen LogP contribution is 2.22. The van der Waals surface area contributed by atoms with Crippen LogP contribution in [0, 0.1) is 15.9 Å². The number of nitrogens with one attached hydrogen (secondary N) is 1. The van der Waals surface area contributed by atoms with E-state index >= 15 is 0 Å². The first kappa shape index (κ1) is 18.3. The molecule has 1 amide bonds. The minimum Gasteiger partial charge on any atom is -0.452 e. The molecule has 0 unspecified atom stereocenters. The molecule has 0 aliphatic heterocycles. The Morgan fingerprint density at radius 2 is 1.88 bits per heavy atom. The molecule has 7 nitrogen and oxygen atoms in total. The van der Waals surface area contributed by atoms with Crippen molar-refractivity contribution in [3.8, 4) is 0 Å². The molecule has 9 heteroatoms. The van der Waals surface area contributed by atoms with Crippen molar-refractivity contribution < 1.29 is 23.6 Å². The Balaban J connectivity index is 1.89. The second-order valence-corrected chi connectivity index (χ2v) is 5.31. The van der Waals surface area contributed by atoms with Gasteiger partial charge in [0.15, 0.2) is 6.61 Å². The molecule has 2 rings (SSSR count). The molecule has 0 bridgehead atoms. The van der Waals surface area contributed by atoms with Crippen molar-refractivity contribution in [2.75, 3.05) is 6.61 Å². The lowest BCUT2D eigenvalue weighted by Crippen LogP contribution is -2.28. The van der Waals surface area contributed by atoms with E-state index in [1.807, 2.05) is 0 Å². The maximum atomic E-state index is 12.8. The van der Waals surface area contributed by atoms with Gasteiger partial charge in [-0.05, 0) is 23.8 Å². The molecule has 0 aliphatic rings. The zero-order chi connectivity index (χ0) is 18.4. The van der Waals surface area contributed by atoms with Crippen LogP contribution in [0.5, 0.6) is 0 Å². The fourth-order valence-electron chi connectivity index (χ4n) is 1.85. The summed E-state index contributed by atoms with van der Waals surface area (Å²) in [7, 11) is 0. The summed E-state index contributed by atoms with van der Waals surface area (Å²) in [5.41, 5.74) is 0.141. The quantitative estimate of drug-likeness (QED) is 0.481. The summed E-state index contributed by atoms with van der Waals surface area (Å²) in [5, 5.41) is 13.2. The van der Waals surface area contributed by atoms with Crippen LogP contribution >= 0.6 is 11.6 Å². The summed E-state index contributed by atoms with van der Waals surface area (Å²) in [4.78, 5) is 33.6. The van der Waals surface area contributed by atoms with E-state index in [0.717, 1.165) is 12.1 Å². The standard InChI is InChI=1S/C16H12ClFN2O5/c17-14-6-5-12(20(23)24)7-13(14)16(22)25-9-15(21)19-8-10-1-3-11(18)4-2-10/h1-7H,8-9H2,(H,19,21). The fraction of sp³-hybridized carbons (Fsp3) is 0.125. The van der Waals surface area contributed by atoms with Gasteiger partial charge >= 0.3 is 5.97 Å². The number of nitro benzene ring substituents is 1. The van der Waals surface area contributed by atoms with E-state index in [1.54, 1.807) is 0 Å². The van der Waals surface area contributed by atoms with E-state index in [4.69, 9.17) is 16.3 Å². The largest absolute Gasteiger partial charge is 0.452 e. The summed E-state index contributed by atoms with van der Waals surface area (Å²) < 4.78 is 17.6. The number of non-ortho nitro benzene ring substituents is 1. The lowest BCUT2D eigenvalue weighted by atomic mass is 10.2. The number of carbonyl (C=O) groups excluding carboxylic acids is 2. The predicted molar refractivity (Wildman–Crippen MR) is 86.6 cm³/mol. The van der Waals surface area contributed by atoms with E-state index in [2.05, 4.69) is 5.32 Å². The molecule has 0 saturated heterocycles. The van der Waals surface area contributed by atoms with Gasteiger partial charge in [-0.2, -0.15) is 0 Å². The van der Waals surface area contributed by atoms with E-state index < -0.39 is 29.2 Å². The monoisotopic (exact) mass is 366 g/mol. The van der Waals surface area contributed by atoms with Gasteiger partial charge in [0.2, 0.25) is 0 Å². The van der Waals surface area contributed by atoms with Crippen LogP contribution in [-0.4, -0.2) is 23.4 Å². The Morgan fingerprint density at radius 3 is 2.52 bits per heavy atom. The molecule has 25 heavy (non-hydrogen) atoms. The summed E-state index contributed by atoms with van der Waals surface area (Å²) >= 11 is 5.81. The van der Waals surface area contributed by atoms with Gasteiger partial charge in [0, 0.05) is 18.7 Å².